The third-order valence-corrected chi connectivity index (χ3v) is 11.6. The predicted octanol–water partition coefficient (Wildman–Crippen LogP) is 7.51. The van der Waals surface area contributed by atoms with E-state index in [9.17, 15) is 0 Å². The number of rotatable bonds is 5. The number of fused-ring (bicyclic) bond motifs is 4. The number of hydrogen-bond donors (Lipinski definition) is 0. The first-order valence-electron chi connectivity index (χ1n) is 13.0. The summed E-state index contributed by atoms with van der Waals surface area (Å²) in [5, 5.41) is 0. The van der Waals surface area contributed by atoms with Gasteiger partial charge < -0.3 is 4.74 Å². The van der Waals surface area contributed by atoms with Gasteiger partial charge in [0, 0.05) is 12.5 Å². The zero-order valence-electron chi connectivity index (χ0n) is 20.0. The monoisotopic (exact) mass is 398 g/mol. The van der Waals surface area contributed by atoms with Gasteiger partial charge in [0.05, 0.1) is 6.10 Å². The molecule has 0 aliphatic heterocycles. The number of ether oxygens (including phenoxy) is 1. The number of hydrogen-bond acceptors (Lipinski definition) is 1. The topological polar surface area (TPSA) is 9.23 Å². The molecule has 1 heteroatoms. The van der Waals surface area contributed by atoms with Crippen molar-refractivity contribution in [3.63, 3.8) is 0 Å². The normalized spacial score (nSPS) is 54.2. The summed E-state index contributed by atoms with van der Waals surface area (Å²) in [5.74, 6) is 6.24. The van der Waals surface area contributed by atoms with Crippen LogP contribution in [0.25, 0.3) is 0 Å². The lowest BCUT2D eigenvalue weighted by molar-refractivity contribution is -0.160. The second-order valence-corrected chi connectivity index (χ2v) is 12.9. The summed E-state index contributed by atoms with van der Waals surface area (Å²) in [6.07, 6.45) is 18.6. The van der Waals surface area contributed by atoms with Crippen molar-refractivity contribution in [1.29, 1.82) is 0 Å². The van der Waals surface area contributed by atoms with Crippen LogP contribution in [0.5, 0.6) is 0 Å². The molecule has 0 aromatic heterocycles. The van der Waals surface area contributed by atoms with Gasteiger partial charge in [-0.1, -0.05) is 46.8 Å². The molecular formula is C28H46O. The Morgan fingerprint density at radius 2 is 1.79 bits per heavy atom. The van der Waals surface area contributed by atoms with Crippen molar-refractivity contribution in [2.45, 2.75) is 98.5 Å². The first-order chi connectivity index (χ1) is 13.8. The van der Waals surface area contributed by atoms with Gasteiger partial charge in [-0.2, -0.15) is 0 Å². The highest BCUT2D eigenvalue weighted by atomic mass is 16.5. The van der Waals surface area contributed by atoms with E-state index in [2.05, 4.69) is 46.8 Å². The van der Waals surface area contributed by atoms with E-state index in [-0.39, 0.29) is 0 Å². The maximum absolute atomic E-state index is 6.28. The third-order valence-electron chi connectivity index (χ3n) is 11.6. The zero-order valence-corrected chi connectivity index (χ0v) is 20.0. The standard InChI is InChI=1S/C28H46O/c1-18(2)8-7-9-19(3)22-10-11-23-21-16-25(29-6)28-17-20(28)12-15-27(28,5)24(21)13-14-26(22,23)4/h7,9,18-25H,8,10-17H2,1-6H3/b9-7+/t19-,20-,21+,22-,23+,24+,25-,26-,27-,28+/m1/s1. The average molecular weight is 399 g/mol. The average Bonchev–Trinajstić information content (AvgIpc) is 3.18. The van der Waals surface area contributed by atoms with Crippen LogP contribution in [0.4, 0.5) is 0 Å². The molecule has 0 N–H and O–H groups in total. The van der Waals surface area contributed by atoms with Crippen LogP contribution >= 0.6 is 0 Å². The van der Waals surface area contributed by atoms with E-state index in [1.54, 1.807) is 0 Å². The van der Waals surface area contributed by atoms with Gasteiger partial charge in [0.25, 0.3) is 0 Å². The van der Waals surface area contributed by atoms with E-state index < -0.39 is 0 Å². The van der Waals surface area contributed by atoms with E-state index in [0.717, 1.165) is 41.4 Å². The summed E-state index contributed by atoms with van der Waals surface area (Å²) >= 11 is 0. The van der Waals surface area contributed by atoms with Crippen molar-refractivity contribution in [3.8, 4) is 0 Å². The van der Waals surface area contributed by atoms with E-state index in [1.165, 1.54) is 57.8 Å². The summed E-state index contributed by atoms with van der Waals surface area (Å²) in [6, 6.07) is 0. The Morgan fingerprint density at radius 1 is 1.00 bits per heavy atom. The summed E-state index contributed by atoms with van der Waals surface area (Å²) in [6.45, 7) is 12.6. The Morgan fingerprint density at radius 3 is 2.48 bits per heavy atom. The molecule has 0 heterocycles. The van der Waals surface area contributed by atoms with E-state index in [0.29, 0.717) is 22.3 Å². The molecule has 5 rings (SSSR count). The van der Waals surface area contributed by atoms with Gasteiger partial charge >= 0.3 is 0 Å². The largest absolute Gasteiger partial charge is 0.381 e. The minimum Gasteiger partial charge on any atom is -0.381 e. The molecular weight excluding hydrogens is 352 g/mol. The molecule has 10 atom stereocenters. The Kier molecular flexibility index (Phi) is 4.86. The molecule has 0 aromatic rings. The molecule has 5 aliphatic rings. The van der Waals surface area contributed by atoms with Crippen molar-refractivity contribution < 1.29 is 4.74 Å². The number of allylic oxidation sites excluding steroid dienone is 2. The molecule has 0 amide bonds. The van der Waals surface area contributed by atoms with Crippen molar-refractivity contribution >= 4 is 0 Å². The zero-order chi connectivity index (χ0) is 20.6. The Labute approximate surface area is 180 Å². The van der Waals surface area contributed by atoms with Crippen LogP contribution in [0.1, 0.15) is 92.4 Å². The highest BCUT2D eigenvalue weighted by molar-refractivity contribution is 5.26. The highest BCUT2D eigenvalue weighted by Gasteiger charge is 2.77. The van der Waals surface area contributed by atoms with Gasteiger partial charge in [0.2, 0.25) is 0 Å². The van der Waals surface area contributed by atoms with Crippen LogP contribution in [-0.4, -0.2) is 13.2 Å². The van der Waals surface area contributed by atoms with Crippen molar-refractivity contribution in [1.82, 2.24) is 0 Å². The molecule has 164 valence electrons. The van der Waals surface area contributed by atoms with E-state index in [4.69, 9.17) is 4.74 Å². The molecule has 1 spiro atoms. The molecule has 5 saturated carbocycles. The fourth-order valence-corrected chi connectivity index (χ4v) is 10.2. The fraction of sp³-hybridized carbons (Fsp3) is 0.929. The molecule has 0 aromatic carbocycles. The van der Waals surface area contributed by atoms with Crippen LogP contribution in [0.15, 0.2) is 12.2 Å². The first-order valence-corrected chi connectivity index (χ1v) is 13.0. The van der Waals surface area contributed by atoms with E-state index in [1.807, 2.05) is 7.11 Å². The molecule has 0 saturated heterocycles. The summed E-state index contributed by atoms with van der Waals surface area (Å²) in [7, 11) is 2.02. The maximum atomic E-state index is 6.28. The molecule has 0 unspecified atom stereocenters. The summed E-state index contributed by atoms with van der Waals surface area (Å²) in [4.78, 5) is 0. The van der Waals surface area contributed by atoms with Gasteiger partial charge in [-0.15, -0.1) is 0 Å². The minimum atomic E-state index is 0.547. The molecule has 1 nitrogen and oxygen atoms in total. The third kappa shape index (κ3) is 2.68. The smallest absolute Gasteiger partial charge is 0.0638 e. The quantitative estimate of drug-likeness (QED) is 0.435. The maximum Gasteiger partial charge on any atom is 0.0638 e. The Balaban J connectivity index is 1.39. The van der Waals surface area contributed by atoms with Crippen LogP contribution in [0.3, 0.4) is 0 Å². The Bertz CT molecular complexity index is 665. The van der Waals surface area contributed by atoms with Crippen LogP contribution in [0, 0.1) is 57.7 Å². The molecule has 0 radical (unpaired) electrons. The molecule has 5 aliphatic carbocycles. The predicted molar refractivity (Wildman–Crippen MR) is 122 cm³/mol. The van der Waals surface area contributed by atoms with Gasteiger partial charge in [0.1, 0.15) is 0 Å². The van der Waals surface area contributed by atoms with Gasteiger partial charge in [-0.25, -0.2) is 0 Å². The SMILES string of the molecule is CO[C@@H]1C[C@H]2[C@@H]3CC[C@H]([C@H](C)/C=C/CC(C)C)[C@@]3(C)CC[C@@H]2[C@@]2(C)CC[C@@H]3C[C@]312. The first kappa shape index (κ1) is 20.6. The molecule has 0 bridgehead atoms. The lowest BCUT2D eigenvalue weighted by Gasteiger charge is -2.61. The Hall–Kier alpha value is -0.300. The van der Waals surface area contributed by atoms with E-state index >= 15 is 0 Å². The molecule has 5 fully saturated rings. The van der Waals surface area contributed by atoms with Crippen molar-refractivity contribution in [2.24, 2.45) is 57.7 Å². The second kappa shape index (κ2) is 6.85. The lowest BCUT2D eigenvalue weighted by atomic mass is 9.45. The van der Waals surface area contributed by atoms with Gasteiger partial charge in [0.15, 0.2) is 0 Å². The summed E-state index contributed by atoms with van der Waals surface area (Å²) in [5.41, 5.74) is 1.70. The van der Waals surface area contributed by atoms with Crippen molar-refractivity contribution in [2.75, 3.05) is 7.11 Å². The van der Waals surface area contributed by atoms with Gasteiger partial charge in [-0.05, 0) is 110 Å². The van der Waals surface area contributed by atoms with Crippen molar-refractivity contribution in [3.05, 3.63) is 12.2 Å². The van der Waals surface area contributed by atoms with Crippen LogP contribution in [-0.2, 0) is 4.74 Å². The van der Waals surface area contributed by atoms with Crippen LogP contribution < -0.4 is 0 Å². The molecule has 29 heavy (non-hydrogen) atoms. The van der Waals surface area contributed by atoms with Gasteiger partial charge in [-0.3, -0.25) is 0 Å². The highest BCUT2D eigenvalue weighted by Crippen LogP contribution is 2.82. The second-order valence-electron chi connectivity index (χ2n) is 12.9. The fourth-order valence-electron chi connectivity index (χ4n) is 10.2. The van der Waals surface area contributed by atoms with Crippen LogP contribution in [0.2, 0.25) is 0 Å². The minimum absolute atomic E-state index is 0.547. The lowest BCUT2D eigenvalue weighted by Crippen LogP contribution is -2.57. The summed E-state index contributed by atoms with van der Waals surface area (Å²) < 4.78 is 6.28. The number of methoxy groups -OCH3 is 1.